The lowest BCUT2D eigenvalue weighted by Gasteiger charge is -2.33. The molecule has 0 fully saturated rings. The number of rotatable bonds is 12. The van der Waals surface area contributed by atoms with Crippen LogP contribution in [0.3, 0.4) is 0 Å². The predicted octanol–water partition coefficient (Wildman–Crippen LogP) is 3.79. The Bertz CT molecular complexity index is 1080. The maximum Gasteiger partial charge on any atom is 0.244 e. The molecule has 9 heteroatoms. The molecule has 0 aliphatic heterocycles. The van der Waals surface area contributed by atoms with Gasteiger partial charge in [-0.15, -0.1) is 0 Å². The number of aryl methyl sites for hydroxylation is 1. The number of hydrogen-bond acceptors (Lipinski definition) is 4. The van der Waals surface area contributed by atoms with Crippen molar-refractivity contribution >= 4 is 39.1 Å². The maximum absolute atomic E-state index is 13.5. The molecule has 0 aromatic heterocycles. The summed E-state index contributed by atoms with van der Waals surface area (Å²) in [6.07, 6.45) is 2.77. The summed E-state index contributed by atoms with van der Waals surface area (Å²) in [4.78, 5) is 27.9. The van der Waals surface area contributed by atoms with Gasteiger partial charge in [0, 0.05) is 18.1 Å². The molecule has 0 heterocycles. The van der Waals surface area contributed by atoms with E-state index in [2.05, 4.69) is 5.32 Å². The van der Waals surface area contributed by atoms with Gasteiger partial charge in [0.05, 0.1) is 11.9 Å². The van der Waals surface area contributed by atoms with Crippen molar-refractivity contribution in [2.24, 2.45) is 0 Å². The van der Waals surface area contributed by atoms with Crippen LogP contribution in [0.5, 0.6) is 0 Å². The minimum Gasteiger partial charge on any atom is -0.354 e. The molecule has 1 atom stereocenters. The fourth-order valence-corrected chi connectivity index (χ4v) is 4.63. The number of anilines is 1. The van der Waals surface area contributed by atoms with Crippen LogP contribution in [0.25, 0.3) is 0 Å². The molecule has 1 unspecified atom stereocenters. The van der Waals surface area contributed by atoms with Crippen molar-refractivity contribution in [3.8, 4) is 0 Å². The van der Waals surface area contributed by atoms with E-state index >= 15 is 0 Å². The van der Waals surface area contributed by atoms with E-state index in [1.165, 1.54) is 11.0 Å². The van der Waals surface area contributed by atoms with Crippen molar-refractivity contribution in [2.45, 2.75) is 46.1 Å². The van der Waals surface area contributed by atoms with E-state index in [0.29, 0.717) is 30.1 Å². The van der Waals surface area contributed by atoms with Gasteiger partial charge in [-0.1, -0.05) is 61.8 Å². The molecule has 2 aromatic rings. The summed E-state index contributed by atoms with van der Waals surface area (Å²) in [5.41, 5.74) is 2.13. The summed E-state index contributed by atoms with van der Waals surface area (Å²) in [5, 5.41) is 3.27. The van der Waals surface area contributed by atoms with Crippen LogP contribution in [0.1, 0.15) is 37.8 Å². The number of carbonyl (C=O) groups excluding carboxylic acids is 2. The van der Waals surface area contributed by atoms with Crippen LogP contribution in [0.4, 0.5) is 5.69 Å². The van der Waals surface area contributed by atoms with Crippen LogP contribution in [0.2, 0.25) is 5.02 Å². The molecular weight excluding hydrogens is 474 g/mol. The molecule has 0 saturated carbocycles. The van der Waals surface area contributed by atoms with Crippen LogP contribution in [0, 0.1) is 6.92 Å². The third kappa shape index (κ3) is 7.74. The topological polar surface area (TPSA) is 86.8 Å². The Labute approximate surface area is 208 Å². The van der Waals surface area contributed by atoms with Gasteiger partial charge in [0.1, 0.15) is 12.6 Å². The zero-order chi connectivity index (χ0) is 25.3. The van der Waals surface area contributed by atoms with Crippen molar-refractivity contribution in [2.75, 3.05) is 30.2 Å². The molecule has 1 N–H and O–H groups in total. The van der Waals surface area contributed by atoms with E-state index in [9.17, 15) is 18.0 Å². The van der Waals surface area contributed by atoms with Gasteiger partial charge in [-0.3, -0.25) is 13.9 Å². The second-order valence-corrected chi connectivity index (χ2v) is 10.6. The first-order valence-electron chi connectivity index (χ1n) is 11.4. The standard InChI is InChI=1S/C25H34ClN3O4S/c1-5-15-27-25(31)23(6-2)28(16-14-20-10-8-7-9-11-20)24(30)18-29(34(4,32)33)21-13-12-19(3)22(26)17-21/h7-13,17,23H,5-6,14-16,18H2,1-4H3,(H,27,31). The lowest BCUT2D eigenvalue weighted by Crippen LogP contribution is -2.53. The summed E-state index contributed by atoms with van der Waals surface area (Å²) in [7, 11) is -3.78. The maximum atomic E-state index is 13.5. The molecule has 0 aliphatic carbocycles. The van der Waals surface area contributed by atoms with E-state index < -0.39 is 28.5 Å². The molecule has 0 saturated heterocycles. The van der Waals surface area contributed by atoms with Gasteiger partial charge < -0.3 is 10.2 Å². The van der Waals surface area contributed by atoms with Gasteiger partial charge in [0.15, 0.2) is 0 Å². The molecule has 2 aromatic carbocycles. The minimum atomic E-state index is -3.78. The van der Waals surface area contributed by atoms with Crippen LogP contribution >= 0.6 is 11.6 Å². The fourth-order valence-electron chi connectivity index (χ4n) is 3.61. The lowest BCUT2D eigenvalue weighted by atomic mass is 10.1. The summed E-state index contributed by atoms with van der Waals surface area (Å²) >= 11 is 6.22. The van der Waals surface area contributed by atoms with Crippen molar-refractivity contribution < 1.29 is 18.0 Å². The van der Waals surface area contributed by atoms with Crippen molar-refractivity contribution in [1.82, 2.24) is 10.2 Å². The van der Waals surface area contributed by atoms with Gasteiger partial charge in [0.25, 0.3) is 0 Å². The Morgan fingerprint density at radius 2 is 1.76 bits per heavy atom. The molecule has 186 valence electrons. The Kier molecular flexibility index (Phi) is 10.4. The number of benzene rings is 2. The zero-order valence-electron chi connectivity index (χ0n) is 20.3. The largest absolute Gasteiger partial charge is 0.354 e. The van der Waals surface area contributed by atoms with E-state index in [1.807, 2.05) is 51.1 Å². The van der Waals surface area contributed by atoms with Gasteiger partial charge in [-0.2, -0.15) is 0 Å². The number of nitrogens with one attached hydrogen (secondary N) is 1. The SMILES string of the molecule is CCCNC(=O)C(CC)N(CCc1ccccc1)C(=O)CN(c1ccc(C)c(Cl)c1)S(C)(=O)=O. The first kappa shape index (κ1) is 27.7. The Morgan fingerprint density at radius 3 is 2.32 bits per heavy atom. The van der Waals surface area contributed by atoms with E-state index in [4.69, 9.17) is 11.6 Å². The highest BCUT2D eigenvalue weighted by Crippen LogP contribution is 2.25. The number of hydrogen-bond donors (Lipinski definition) is 1. The second-order valence-electron chi connectivity index (χ2n) is 8.24. The summed E-state index contributed by atoms with van der Waals surface area (Å²) in [6, 6.07) is 13.8. The van der Waals surface area contributed by atoms with Crippen LogP contribution < -0.4 is 9.62 Å². The molecule has 2 amide bonds. The second kappa shape index (κ2) is 12.8. The highest BCUT2D eigenvalue weighted by molar-refractivity contribution is 7.92. The molecule has 0 aliphatic rings. The number of amides is 2. The van der Waals surface area contributed by atoms with E-state index in [-0.39, 0.29) is 12.5 Å². The average Bonchev–Trinajstić information content (AvgIpc) is 2.80. The van der Waals surface area contributed by atoms with Crippen LogP contribution in [0.15, 0.2) is 48.5 Å². The Balaban J connectivity index is 2.36. The Morgan fingerprint density at radius 1 is 1.09 bits per heavy atom. The number of carbonyl (C=O) groups is 2. The van der Waals surface area contributed by atoms with E-state index in [0.717, 1.165) is 28.1 Å². The molecular formula is C25H34ClN3O4S. The van der Waals surface area contributed by atoms with Crippen LogP contribution in [-0.4, -0.2) is 57.1 Å². The molecule has 34 heavy (non-hydrogen) atoms. The first-order chi connectivity index (χ1) is 16.1. The highest BCUT2D eigenvalue weighted by atomic mass is 35.5. The molecule has 7 nitrogen and oxygen atoms in total. The van der Waals surface area contributed by atoms with Gasteiger partial charge >= 0.3 is 0 Å². The quantitative estimate of drug-likeness (QED) is 0.473. The number of sulfonamides is 1. The van der Waals surface area contributed by atoms with Crippen molar-refractivity contribution in [1.29, 1.82) is 0 Å². The molecule has 2 rings (SSSR count). The summed E-state index contributed by atoms with van der Waals surface area (Å²) in [5.74, 6) is -0.688. The van der Waals surface area contributed by atoms with Gasteiger partial charge in [-0.25, -0.2) is 8.42 Å². The fraction of sp³-hybridized carbons (Fsp3) is 0.440. The third-order valence-corrected chi connectivity index (χ3v) is 7.09. The lowest BCUT2D eigenvalue weighted by molar-refractivity contribution is -0.139. The summed E-state index contributed by atoms with van der Waals surface area (Å²) < 4.78 is 26.3. The zero-order valence-corrected chi connectivity index (χ0v) is 21.8. The molecule has 0 bridgehead atoms. The molecule has 0 spiro atoms. The van der Waals surface area contributed by atoms with Crippen molar-refractivity contribution in [3.63, 3.8) is 0 Å². The smallest absolute Gasteiger partial charge is 0.244 e. The number of nitrogens with zero attached hydrogens (tertiary/aromatic N) is 2. The number of halogens is 1. The van der Waals surface area contributed by atoms with Gasteiger partial charge in [-0.05, 0) is 49.4 Å². The average molecular weight is 508 g/mol. The normalized spacial score (nSPS) is 12.1. The molecule has 0 radical (unpaired) electrons. The van der Waals surface area contributed by atoms with E-state index in [1.54, 1.807) is 12.1 Å². The summed E-state index contributed by atoms with van der Waals surface area (Å²) in [6.45, 7) is 5.97. The predicted molar refractivity (Wildman–Crippen MR) is 138 cm³/mol. The van der Waals surface area contributed by atoms with Gasteiger partial charge in [0.2, 0.25) is 21.8 Å². The third-order valence-electron chi connectivity index (χ3n) is 5.54. The monoisotopic (exact) mass is 507 g/mol. The van der Waals surface area contributed by atoms with Crippen LogP contribution in [-0.2, 0) is 26.0 Å². The Hall–Kier alpha value is -2.58. The van der Waals surface area contributed by atoms with Crippen molar-refractivity contribution in [3.05, 3.63) is 64.7 Å². The first-order valence-corrected chi connectivity index (χ1v) is 13.7. The minimum absolute atomic E-state index is 0.241. The highest BCUT2D eigenvalue weighted by Gasteiger charge is 2.31.